The lowest BCUT2D eigenvalue weighted by atomic mass is 9.96. The summed E-state index contributed by atoms with van der Waals surface area (Å²) in [5.74, 6) is 3.04. The Bertz CT molecular complexity index is 682. The van der Waals surface area contributed by atoms with Crippen molar-refractivity contribution in [1.29, 1.82) is 0 Å². The highest BCUT2D eigenvalue weighted by molar-refractivity contribution is 14.0. The molecule has 0 aliphatic carbocycles. The predicted octanol–water partition coefficient (Wildman–Crippen LogP) is 2.56. The highest BCUT2D eigenvalue weighted by Crippen LogP contribution is 2.24. The van der Waals surface area contributed by atoms with Crippen molar-refractivity contribution in [3.8, 4) is 5.88 Å². The van der Waals surface area contributed by atoms with Crippen molar-refractivity contribution in [3.05, 3.63) is 36.0 Å². The molecule has 2 aromatic heterocycles. The number of aliphatic imine (C=N–C) groups is 1. The normalized spacial score (nSPS) is 15.3. The topological polar surface area (TPSA) is 91.3 Å². The number of hydrogen-bond donors (Lipinski definition) is 2. The number of rotatable bonds is 6. The lowest BCUT2D eigenvalue weighted by molar-refractivity contribution is 0.298. The van der Waals surface area contributed by atoms with Crippen LogP contribution in [0, 0.1) is 0 Å². The standard InChI is InChI=1S/C18H27N7O.HI/c1-3-10-26-16-5-4-14(11-20-16)12-21-18(19-2)25-8-6-15(7-9-25)17-22-13-23-24-17;/h4-5,11,13,15H,3,6-10,12H2,1-2H3,(H,19,21)(H,22,23,24);1H. The van der Waals surface area contributed by atoms with Crippen LogP contribution in [-0.4, -0.2) is 57.8 Å². The molecule has 1 aliphatic heterocycles. The first-order valence-electron chi connectivity index (χ1n) is 9.18. The van der Waals surface area contributed by atoms with Gasteiger partial charge in [-0.3, -0.25) is 10.1 Å². The molecule has 0 aromatic carbocycles. The van der Waals surface area contributed by atoms with Crippen molar-refractivity contribution in [3.63, 3.8) is 0 Å². The summed E-state index contributed by atoms with van der Waals surface area (Å²) in [5.41, 5.74) is 1.10. The molecule has 0 radical (unpaired) electrons. The molecule has 2 aromatic rings. The van der Waals surface area contributed by atoms with Gasteiger partial charge in [0, 0.05) is 44.9 Å². The number of pyridine rings is 1. The number of ether oxygens (including phenoxy) is 1. The second kappa shape index (κ2) is 11.1. The van der Waals surface area contributed by atoms with Gasteiger partial charge in [0.05, 0.1) is 6.61 Å². The molecule has 0 amide bonds. The second-order valence-corrected chi connectivity index (χ2v) is 6.39. The van der Waals surface area contributed by atoms with Gasteiger partial charge in [0.1, 0.15) is 12.2 Å². The summed E-state index contributed by atoms with van der Waals surface area (Å²) in [6.07, 6.45) is 6.49. The molecule has 0 bridgehead atoms. The fraction of sp³-hybridized carbons (Fsp3) is 0.556. The number of H-pyrrole nitrogens is 1. The first kappa shape index (κ1) is 21.4. The first-order chi connectivity index (χ1) is 12.8. The lowest BCUT2D eigenvalue weighted by Gasteiger charge is -2.33. The number of aromatic amines is 1. The van der Waals surface area contributed by atoms with E-state index in [1.807, 2.05) is 25.4 Å². The van der Waals surface area contributed by atoms with Crippen LogP contribution in [0.15, 0.2) is 29.6 Å². The van der Waals surface area contributed by atoms with Gasteiger partial charge in [-0.05, 0) is 24.8 Å². The molecule has 9 heteroatoms. The third-order valence-corrected chi connectivity index (χ3v) is 4.53. The van der Waals surface area contributed by atoms with Crippen LogP contribution in [0.25, 0.3) is 0 Å². The van der Waals surface area contributed by atoms with Gasteiger partial charge in [-0.25, -0.2) is 9.97 Å². The summed E-state index contributed by atoms with van der Waals surface area (Å²) >= 11 is 0. The minimum Gasteiger partial charge on any atom is -0.478 e. The minimum absolute atomic E-state index is 0. The Morgan fingerprint density at radius 3 is 2.74 bits per heavy atom. The maximum Gasteiger partial charge on any atom is 0.213 e. The second-order valence-electron chi connectivity index (χ2n) is 6.39. The van der Waals surface area contributed by atoms with E-state index in [0.717, 1.165) is 49.7 Å². The number of piperidine rings is 1. The van der Waals surface area contributed by atoms with Crippen molar-refractivity contribution in [2.75, 3.05) is 26.7 Å². The summed E-state index contributed by atoms with van der Waals surface area (Å²) in [4.78, 5) is 15.3. The van der Waals surface area contributed by atoms with Crippen molar-refractivity contribution < 1.29 is 4.74 Å². The molecule has 3 rings (SSSR count). The maximum absolute atomic E-state index is 5.52. The molecule has 0 saturated carbocycles. The quantitative estimate of drug-likeness (QED) is 0.372. The zero-order valence-corrected chi connectivity index (χ0v) is 18.2. The lowest BCUT2D eigenvalue weighted by Crippen LogP contribution is -2.45. The number of likely N-dealkylation sites (tertiary alicyclic amines) is 1. The van der Waals surface area contributed by atoms with E-state index in [-0.39, 0.29) is 24.0 Å². The van der Waals surface area contributed by atoms with Gasteiger partial charge in [-0.1, -0.05) is 13.0 Å². The molecule has 0 atom stereocenters. The van der Waals surface area contributed by atoms with E-state index in [4.69, 9.17) is 4.74 Å². The highest BCUT2D eigenvalue weighted by atomic mass is 127. The van der Waals surface area contributed by atoms with Crippen LogP contribution in [0.1, 0.15) is 43.5 Å². The van der Waals surface area contributed by atoms with Crippen LogP contribution in [0.4, 0.5) is 0 Å². The maximum atomic E-state index is 5.52. The Hall–Kier alpha value is -1.91. The molecule has 0 spiro atoms. The third kappa shape index (κ3) is 6.05. The molecule has 8 nitrogen and oxygen atoms in total. The zero-order valence-electron chi connectivity index (χ0n) is 15.9. The van der Waals surface area contributed by atoms with E-state index in [9.17, 15) is 0 Å². The van der Waals surface area contributed by atoms with E-state index in [0.29, 0.717) is 24.9 Å². The number of nitrogens with zero attached hydrogens (tertiary/aromatic N) is 5. The van der Waals surface area contributed by atoms with Crippen LogP contribution >= 0.6 is 24.0 Å². The van der Waals surface area contributed by atoms with Crippen LogP contribution in [-0.2, 0) is 6.54 Å². The van der Waals surface area contributed by atoms with Gasteiger partial charge < -0.3 is 15.0 Å². The molecule has 148 valence electrons. The SMILES string of the molecule is CCCOc1ccc(CNC(=NC)N2CCC(c3ncn[nH]3)CC2)cn1.I. The Kier molecular flexibility index (Phi) is 8.76. The molecular formula is C18H28IN7O. The number of guanidine groups is 1. The summed E-state index contributed by atoms with van der Waals surface area (Å²) < 4.78 is 5.52. The van der Waals surface area contributed by atoms with Crippen LogP contribution in [0.3, 0.4) is 0 Å². The number of aromatic nitrogens is 4. The van der Waals surface area contributed by atoms with Gasteiger partial charge in [-0.15, -0.1) is 24.0 Å². The van der Waals surface area contributed by atoms with E-state index in [1.54, 1.807) is 6.33 Å². The molecule has 2 N–H and O–H groups in total. The van der Waals surface area contributed by atoms with Gasteiger partial charge in [0.15, 0.2) is 5.96 Å². The minimum atomic E-state index is 0. The molecule has 1 fully saturated rings. The monoisotopic (exact) mass is 485 g/mol. The molecule has 0 unspecified atom stereocenters. The summed E-state index contributed by atoms with van der Waals surface area (Å²) in [6, 6.07) is 3.95. The van der Waals surface area contributed by atoms with E-state index in [1.165, 1.54) is 0 Å². The van der Waals surface area contributed by atoms with E-state index in [2.05, 4.69) is 42.3 Å². The average molecular weight is 485 g/mol. The Morgan fingerprint density at radius 2 is 2.15 bits per heavy atom. The van der Waals surface area contributed by atoms with Crippen LogP contribution in [0.5, 0.6) is 5.88 Å². The molecule has 1 aliphatic rings. The van der Waals surface area contributed by atoms with Crippen molar-refractivity contribution >= 4 is 29.9 Å². The van der Waals surface area contributed by atoms with E-state index >= 15 is 0 Å². The van der Waals surface area contributed by atoms with Crippen LogP contribution < -0.4 is 10.1 Å². The number of hydrogen-bond acceptors (Lipinski definition) is 5. The molecule has 3 heterocycles. The van der Waals surface area contributed by atoms with E-state index < -0.39 is 0 Å². The van der Waals surface area contributed by atoms with Gasteiger partial charge >= 0.3 is 0 Å². The Balaban J connectivity index is 0.00000261. The molecule has 1 saturated heterocycles. The van der Waals surface area contributed by atoms with Crippen molar-refractivity contribution in [2.24, 2.45) is 4.99 Å². The number of halogens is 1. The predicted molar refractivity (Wildman–Crippen MR) is 116 cm³/mol. The zero-order chi connectivity index (χ0) is 18.2. The van der Waals surface area contributed by atoms with Gasteiger partial charge in [0.2, 0.25) is 5.88 Å². The van der Waals surface area contributed by atoms with Crippen molar-refractivity contribution in [2.45, 2.75) is 38.6 Å². The van der Waals surface area contributed by atoms with Gasteiger partial charge in [0.25, 0.3) is 0 Å². The Labute approximate surface area is 177 Å². The summed E-state index contributed by atoms with van der Waals surface area (Å²) in [7, 11) is 1.82. The first-order valence-corrected chi connectivity index (χ1v) is 9.18. The largest absolute Gasteiger partial charge is 0.478 e. The summed E-state index contributed by atoms with van der Waals surface area (Å²) in [6.45, 7) is 5.37. The average Bonchev–Trinajstić information content (AvgIpc) is 3.23. The van der Waals surface area contributed by atoms with Crippen LogP contribution in [0.2, 0.25) is 0 Å². The Morgan fingerprint density at radius 1 is 1.33 bits per heavy atom. The highest BCUT2D eigenvalue weighted by Gasteiger charge is 2.24. The number of nitrogens with one attached hydrogen (secondary N) is 2. The molecular weight excluding hydrogens is 457 g/mol. The van der Waals surface area contributed by atoms with Gasteiger partial charge in [-0.2, -0.15) is 5.10 Å². The smallest absolute Gasteiger partial charge is 0.213 e. The fourth-order valence-electron chi connectivity index (χ4n) is 3.10. The summed E-state index contributed by atoms with van der Waals surface area (Å²) in [5, 5.41) is 10.4. The molecule has 27 heavy (non-hydrogen) atoms. The fourth-order valence-corrected chi connectivity index (χ4v) is 3.10. The van der Waals surface area contributed by atoms with Crippen molar-refractivity contribution in [1.82, 2.24) is 30.4 Å². The third-order valence-electron chi connectivity index (χ3n) is 4.53.